The van der Waals surface area contributed by atoms with E-state index in [9.17, 15) is 4.79 Å². The first-order chi connectivity index (χ1) is 12.2. The molecule has 0 amide bonds. The molecule has 1 aromatic rings. The summed E-state index contributed by atoms with van der Waals surface area (Å²) in [4.78, 5) is 14.7. The summed E-state index contributed by atoms with van der Waals surface area (Å²) in [6, 6.07) is 7.18. The van der Waals surface area contributed by atoms with Crippen molar-refractivity contribution >= 4 is 5.97 Å². The van der Waals surface area contributed by atoms with E-state index < -0.39 is 0 Å². The third kappa shape index (κ3) is 7.68. The monoisotopic (exact) mass is 399 g/mol. The molecule has 0 aromatic heterocycles. The van der Waals surface area contributed by atoms with Crippen LogP contribution in [0.15, 0.2) is 24.3 Å². The summed E-state index contributed by atoms with van der Waals surface area (Å²) in [7, 11) is 4.04. The predicted molar refractivity (Wildman–Crippen MR) is 104 cm³/mol. The lowest BCUT2D eigenvalue weighted by atomic mass is 9.88. The second-order valence-electron chi connectivity index (χ2n) is 8.47. The lowest BCUT2D eigenvalue weighted by Crippen LogP contribution is -3.00. The SMILES string of the molecule is CC(C)COc1ccc(C(=O)OC2CC(C)(C)OCC2CN(C)C)cc1.[Cl-].[H+]. The van der Waals surface area contributed by atoms with E-state index in [4.69, 9.17) is 14.2 Å². The van der Waals surface area contributed by atoms with Crippen molar-refractivity contribution in [3.05, 3.63) is 29.8 Å². The summed E-state index contributed by atoms with van der Waals surface area (Å²) in [5.41, 5.74) is 0.275. The molecular weight excluding hydrogens is 366 g/mol. The standard InChI is InChI=1S/C21H33NO4.ClH/c1-15(2)13-24-18-9-7-16(8-10-18)20(23)26-19-11-21(3,4)25-14-17(19)12-22(5)6;/h7-10,15,17,19H,11-14H2,1-6H3;1H. The lowest BCUT2D eigenvalue weighted by molar-refractivity contribution is -0.135. The van der Waals surface area contributed by atoms with Crippen LogP contribution in [0.4, 0.5) is 0 Å². The molecule has 154 valence electrons. The molecule has 1 aliphatic rings. The molecule has 1 aromatic carbocycles. The molecule has 0 aliphatic carbocycles. The summed E-state index contributed by atoms with van der Waals surface area (Å²) in [6.45, 7) is 10.4. The second-order valence-corrected chi connectivity index (χ2v) is 8.47. The molecule has 5 nitrogen and oxygen atoms in total. The summed E-state index contributed by atoms with van der Waals surface area (Å²) in [5, 5.41) is 0. The first kappa shape index (κ1) is 23.7. The number of hydrogen-bond acceptors (Lipinski definition) is 5. The smallest absolute Gasteiger partial charge is 1.00 e. The van der Waals surface area contributed by atoms with Crippen LogP contribution in [0.25, 0.3) is 0 Å². The van der Waals surface area contributed by atoms with Gasteiger partial charge in [-0.15, -0.1) is 0 Å². The molecule has 1 fully saturated rings. The van der Waals surface area contributed by atoms with Crippen LogP contribution in [-0.4, -0.2) is 56.4 Å². The Morgan fingerprint density at radius 2 is 1.93 bits per heavy atom. The third-order valence-electron chi connectivity index (χ3n) is 4.44. The largest absolute Gasteiger partial charge is 1.00 e. The maximum absolute atomic E-state index is 12.6. The molecular formula is C21H34ClNO4. The van der Waals surface area contributed by atoms with Crippen molar-refractivity contribution in [2.75, 3.05) is 33.9 Å². The van der Waals surface area contributed by atoms with E-state index in [0.717, 1.165) is 12.3 Å². The third-order valence-corrected chi connectivity index (χ3v) is 4.44. The Kier molecular flexibility index (Phi) is 9.06. The molecule has 1 heterocycles. The van der Waals surface area contributed by atoms with Crippen molar-refractivity contribution in [1.82, 2.24) is 4.90 Å². The van der Waals surface area contributed by atoms with Crippen LogP contribution in [0.2, 0.25) is 0 Å². The van der Waals surface area contributed by atoms with Crippen molar-refractivity contribution in [2.24, 2.45) is 11.8 Å². The van der Waals surface area contributed by atoms with Gasteiger partial charge in [-0.05, 0) is 58.1 Å². The summed E-state index contributed by atoms with van der Waals surface area (Å²) in [6.07, 6.45) is 0.554. The van der Waals surface area contributed by atoms with Crippen LogP contribution in [0.3, 0.4) is 0 Å². The van der Waals surface area contributed by atoms with E-state index in [2.05, 4.69) is 18.7 Å². The molecule has 0 radical (unpaired) electrons. The molecule has 2 rings (SSSR count). The molecule has 0 saturated carbocycles. The number of carbonyl (C=O) groups is 1. The zero-order valence-corrected chi connectivity index (χ0v) is 18.1. The van der Waals surface area contributed by atoms with Crippen LogP contribution < -0.4 is 17.1 Å². The summed E-state index contributed by atoms with van der Waals surface area (Å²) in [5.74, 6) is 1.13. The molecule has 27 heavy (non-hydrogen) atoms. The van der Waals surface area contributed by atoms with Gasteiger partial charge >= 0.3 is 7.40 Å². The van der Waals surface area contributed by atoms with Gasteiger partial charge < -0.3 is 31.5 Å². The van der Waals surface area contributed by atoms with Gasteiger partial charge in [0.15, 0.2) is 0 Å². The highest BCUT2D eigenvalue weighted by molar-refractivity contribution is 5.89. The second kappa shape index (κ2) is 10.3. The van der Waals surface area contributed by atoms with E-state index in [1.165, 1.54) is 0 Å². The van der Waals surface area contributed by atoms with Crippen LogP contribution >= 0.6 is 0 Å². The Labute approximate surface area is 171 Å². The number of esters is 1. The highest BCUT2D eigenvalue weighted by Gasteiger charge is 2.38. The number of ether oxygens (including phenoxy) is 3. The van der Waals surface area contributed by atoms with Crippen molar-refractivity contribution < 1.29 is 32.8 Å². The van der Waals surface area contributed by atoms with E-state index in [-0.39, 0.29) is 37.4 Å². The molecule has 1 aliphatic heterocycles. The van der Waals surface area contributed by atoms with Gasteiger partial charge in [0.1, 0.15) is 11.9 Å². The maximum Gasteiger partial charge on any atom is 1.00 e. The van der Waals surface area contributed by atoms with Gasteiger partial charge in [-0.25, -0.2) is 4.79 Å². The van der Waals surface area contributed by atoms with Crippen molar-refractivity contribution in [3.63, 3.8) is 0 Å². The van der Waals surface area contributed by atoms with Crippen LogP contribution in [-0.2, 0) is 9.47 Å². The van der Waals surface area contributed by atoms with Crippen LogP contribution in [0.5, 0.6) is 5.75 Å². The van der Waals surface area contributed by atoms with Gasteiger partial charge in [-0.3, -0.25) is 0 Å². The van der Waals surface area contributed by atoms with Gasteiger partial charge in [0.25, 0.3) is 0 Å². The van der Waals surface area contributed by atoms with Gasteiger partial charge in [-0.2, -0.15) is 0 Å². The Bertz CT molecular complexity index is 593. The minimum atomic E-state index is -0.285. The highest BCUT2D eigenvalue weighted by atomic mass is 35.5. The van der Waals surface area contributed by atoms with E-state index in [1.54, 1.807) is 12.1 Å². The molecule has 2 atom stereocenters. The number of carbonyl (C=O) groups excluding carboxylic acids is 1. The molecule has 0 spiro atoms. The van der Waals surface area contributed by atoms with Crippen molar-refractivity contribution in [3.8, 4) is 5.75 Å². The number of benzene rings is 1. The first-order valence-corrected chi connectivity index (χ1v) is 9.39. The topological polar surface area (TPSA) is 48.0 Å². The molecule has 2 unspecified atom stereocenters. The Hall–Kier alpha value is -1.30. The van der Waals surface area contributed by atoms with Gasteiger partial charge in [-0.1, -0.05) is 13.8 Å². The minimum Gasteiger partial charge on any atom is -1.00 e. The van der Waals surface area contributed by atoms with Crippen molar-refractivity contribution in [2.45, 2.75) is 45.8 Å². The Morgan fingerprint density at radius 1 is 1.30 bits per heavy atom. The number of nitrogens with zero attached hydrogens (tertiary/aromatic N) is 1. The molecule has 0 N–H and O–H groups in total. The fraction of sp³-hybridized carbons (Fsp3) is 0.667. The minimum absolute atomic E-state index is 0. The zero-order chi connectivity index (χ0) is 19.3. The fourth-order valence-electron chi connectivity index (χ4n) is 3.08. The number of halogens is 1. The number of hydrogen-bond donors (Lipinski definition) is 0. The number of rotatable bonds is 7. The van der Waals surface area contributed by atoms with E-state index in [1.807, 2.05) is 40.1 Å². The molecule has 6 heteroatoms. The van der Waals surface area contributed by atoms with Gasteiger partial charge in [0.2, 0.25) is 0 Å². The van der Waals surface area contributed by atoms with Crippen molar-refractivity contribution in [1.29, 1.82) is 0 Å². The zero-order valence-electron chi connectivity index (χ0n) is 18.3. The van der Waals surface area contributed by atoms with Gasteiger partial charge in [0.05, 0.1) is 24.4 Å². The van der Waals surface area contributed by atoms with Crippen LogP contribution in [0, 0.1) is 11.8 Å². The first-order valence-electron chi connectivity index (χ1n) is 9.39. The quantitative estimate of drug-likeness (QED) is 0.633. The Morgan fingerprint density at radius 3 is 2.48 bits per heavy atom. The van der Waals surface area contributed by atoms with Gasteiger partial charge in [0, 0.05) is 18.9 Å². The fourth-order valence-corrected chi connectivity index (χ4v) is 3.08. The van der Waals surface area contributed by atoms with Crippen LogP contribution in [0.1, 0.15) is 45.9 Å². The normalized spacial score (nSPS) is 21.6. The Balaban J connectivity index is 0.00000364. The summed E-state index contributed by atoms with van der Waals surface area (Å²) >= 11 is 0. The molecule has 0 bridgehead atoms. The van der Waals surface area contributed by atoms with E-state index >= 15 is 0 Å². The maximum atomic E-state index is 12.6. The summed E-state index contributed by atoms with van der Waals surface area (Å²) < 4.78 is 17.5. The average molecular weight is 400 g/mol. The molecule has 1 saturated heterocycles. The predicted octanol–water partition coefficient (Wildman–Crippen LogP) is 0.740. The lowest BCUT2D eigenvalue weighted by Gasteiger charge is -2.41. The average Bonchev–Trinajstić information content (AvgIpc) is 2.55. The highest BCUT2D eigenvalue weighted by Crippen LogP contribution is 2.31. The van der Waals surface area contributed by atoms with E-state index in [0.29, 0.717) is 31.1 Å².